The van der Waals surface area contributed by atoms with E-state index >= 15 is 0 Å². The van der Waals surface area contributed by atoms with E-state index < -0.39 is 10.0 Å². The smallest absolute Gasteiger partial charge is 0.222 e. The van der Waals surface area contributed by atoms with Gasteiger partial charge in [-0.1, -0.05) is 0 Å². The van der Waals surface area contributed by atoms with Crippen LogP contribution in [0.3, 0.4) is 0 Å². The molecule has 0 aliphatic carbocycles. The molecule has 1 rings (SSSR count). The Balaban J connectivity index is 2.30. The van der Waals surface area contributed by atoms with Crippen LogP contribution in [-0.4, -0.2) is 57.6 Å². The van der Waals surface area contributed by atoms with Gasteiger partial charge in [0.05, 0.1) is 6.26 Å². The molecule has 0 radical (unpaired) electrons. The highest BCUT2D eigenvalue weighted by Crippen LogP contribution is 2.17. The highest BCUT2D eigenvalue weighted by atomic mass is 32.2. The molecule has 21 heavy (non-hydrogen) atoms. The minimum atomic E-state index is -3.18. The van der Waals surface area contributed by atoms with E-state index in [4.69, 9.17) is 0 Å². The molecule has 7 nitrogen and oxygen atoms in total. The van der Waals surface area contributed by atoms with Crippen molar-refractivity contribution in [3.05, 3.63) is 0 Å². The number of carbonyl (C=O) groups excluding carboxylic acids is 2. The van der Waals surface area contributed by atoms with Crippen molar-refractivity contribution in [1.82, 2.24) is 14.9 Å². The summed E-state index contributed by atoms with van der Waals surface area (Å²) in [5, 5.41) is 2.66. The second-order valence-electron chi connectivity index (χ2n) is 5.56. The van der Waals surface area contributed by atoms with Crippen molar-refractivity contribution < 1.29 is 18.0 Å². The van der Waals surface area contributed by atoms with Crippen LogP contribution < -0.4 is 10.0 Å². The Labute approximate surface area is 126 Å². The number of likely N-dealkylation sites (tertiary alicyclic amines) is 1. The van der Waals surface area contributed by atoms with Gasteiger partial charge in [-0.25, -0.2) is 13.1 Å². The first kappa shape index (κ1) is 17.9. The zero-order valence-corrected chi connectivity index (χ0v) is 13.5. The third kappa shape index (κ3) is 8.01. The summed E-state index contributed by atoms with van der Waals surface area (Å²) in [5.74, 6) is 0.157. The van der Waals surface area contributed by atoms with Gasteiger partial charge in [0.1, 0.15) is 0 Å². The van der Waals surface area contributed by atoms with Crippen LogP contribution in [0.5, 0.6) is 0 Å². The minimum Gasteiger partial charge on any atom is -0.356 e. The van der Waals surface area contributed by atoms with Crippen molar-refractivity contribution in [3.8, 4) is 0 Å². The monoisotopic (exact) mass is 319 g/mol. The average Bonchev–Trinajstić information content (AvgIpc) is 2.40. The molecule has 2 N–H and O–H groups in total. The van der Waals surface area contributed by atoms with E-state index in [0.717, 1.165) is 25.6 Å². The summed E-state index contributed by atoms with van der Waals surface area (Å²) in [7, 11) is -3.18. The molecule has 1 saturated heterocycles. The van der Waals surface area contributed by atoms with E-state index in [2.05, 4.69) is 10.0 Å². The molecule has 0 spiro atoms. The number of nitrogens with one attached hydrogen (secondary N) is 2. The molecular weight excluding hydrogens is 294 g/mol. The van der Waals surface area contributed by atoms with Crippen LogP contribution in [-0.2, 0) is 19.6 Å². The number of rotatable bonds is 7. The molecule has 1 atom stereocenters. The summed E-state index contributed by atoms with van der Waals surface area (Å²) in [6.45, 7) is 3.67. The lowest BCUT2D eigenvalue weighted by Gasteiger charge is -2.32. The van der Waals surface area contributed by atoms with Crippen molar-refractivity contribution in [2.45, 2.75) is 32.6 Å². The van der Waals surface area contributed by atoms with Crippen LogP contribution in [0.4, 0.5) is 0 Å². The molecule has 0 aromatic heterocycles. The zero-order valence-electron chi connectivity index (χ0n) is 12.7. The number of amides is 2. The molecule has 1 aliphatic heterocycles. The maximum Gasteiger partial charge on any atom is 0.222 e. The lowest BCUT2D eigenvalue weighted by molar-refractivity contribution is -0.133. The summed E-state index contributed by atoms with van der Waals surface area (Å²) < 4.78 is 24.7. The van der Waals surface area contributed by atoms with E-state index in [1.165, 1.54) is 6.92 Å². The van der Waals surface area contributed by atoms with Crippen molar-refractivity contribution in [1.29, 1.82) is 0 Å². The third-order valence-electron chi connectivity index (χ3n) is 3.45. The highest BCUT2D eigenvalue weighted by Gasteiger charge is 2.23. The topological polar surface area (TPSA) is 95.6 Å². The van der Waals surface area contributed by atoms with Gasteiger partial charge in [-0.2, -0.15) is 0 Å². The quantitative estimate of drug-likeness (QED) is 0.629. The molecule has 0 saturated carbocycles. The first-order valence-electron chi connectivity index (χ1n) is 7.25. The molecule has 0 aromatic rings. The maximum atomic E-state index is 12.1. The van der Waals surface area contributed by atoms with Crippen LogP contribution in [0.25, 0.3) is 0 Å². The molecule has 1 aliphatic rings. The van der Waals surface area contributed by atoms with Crippen LogP contribution in [0.2, 0.25) is 0 Å². The number of piperidine rings is 1. The Hall–Kier alpha value is -1.15. The Morgan fingerprint density at radius 2 is 2.05 bits per heavy atom. The second kappa shape index (κ2) is 8.33. The first-order valence-corrected chi connectivity index (χ1v) is 9.14. The summed E-state index contributed by atoms with van der Waals surface area (Å²) in [5.41, 5.74) is 0. The van der Waals surface area contributed by atoms with E-state index in [1.807, 2.05) is 0 Å². The number of sulfonamides is 1. The molecular formula is C13H25N3O4S. The molecule has 8 heteroatoms. The molecule has 1 heterocycles. The van der Waals surface area contributed by atoms with Gasteiger partial charge in [0, 0.05) is 39.5 Å². The van der Waals surface area contributed by atoms with Crippen LogP contribution in [0.15, 0.2) is 0 Å². The SMILES string of the molecule is CC(=O)NCCCC(=O)N1CCC[C@H](CNS(C)(=O)=O)C1. The fourth-order valence-electron chi connectivity index (χ4n) is 2.39. The zero-order chi connectivity index (χ0) is 15.9. The van der Waals surface area contributed by atoms with Crippen LogP contribution >= 0.6 is 0 Å². The largest absolute Gasteiger partial charge is 0.356 e. The predicted octanol–water partition coefficient (Wildman–Crippen LogP) is -0.309. The summed E-state index contributed by atoms with van der Waals surface area (Å²) >= 11 is 0. The highest BCUT2D eigenvalue weighted by molar-refractivity contribution is 7.88. The van der Waals surface area contributed by atoms with Gasteiger partial charge in [-0.05, 0) is 25.2 Å². The number of nitrogens with zero attached hydrogens (tertiary/aromatic N) is 1. The summed E-state index contributed by atoms with van der Waals surface area (Å²) in [6, 6.07) is 0. The fraction of sp³-hybridized carbons (Fsp3) is 0.846. The number of hydrogen-bond acceptors (Lipinski definition) is 4. The summed E-state index contributed by atoms with van der Waals surface area (Å²) in [4.78, 5) is 24.6. The van der Waals surface area contributed by atoms with Crippen molar-refractivity contribution >= 4 is 21.8 Å². The molecule has 0 bridgehead atoms. The second-order valence-corrected chi connectivity index (χ2v) is 7.39. The summed E-state index contributed by atoms with van der Waals surface area (Å²) in [6.07, 6.45) is 4.00. The van der Waals surface area contributed by atoms with Gasteiger partial charge >= 0.3 is 0 Å². The molecule has 0 aromatic carbocycles. The lowest BCUT2D eigenvalue weighted by atomic mass is 9.98. The molecule has 2 amide bonds. The Morgan fingerprint density at radius 1 is 1.33 bits per heavy atom. The molecule has 0 unspecified atom stereocenters. The van der Waals surface area contributed by atoms with Gasteiger partial charge in [-0.15, -0.1) is 0 Å². The van der Waals surface area contributed by atoms with Crippen LogP contribution in [0.1, 0.15) is 32.6 Å². The lowest BCUT2D eigenvalue weighted by Crippen LogP contribution is -2.43. The number of hydrogen-bond donors (Lipinski definition) is 2. The van der Waals surface area contributed by atoms with Crippen molar-refractivity contribution in [2.75, 3.05) is 32.4 Å². The molecule has 122 valence electrons. The van der Waals surface area contributed by atoms with E-state index in [0.29, 0.717) is 32.5 Å². The maximum absolute atomic E-state index is 12.1. The van der Waals surface area contributed by atoms with Gasteiger partial charge in [-0.3, -0.25) is 9.59 Å². The third-order valence-corrected chi connectivity index (χ3v) is 4.14. The predicted molar refractivity (Wildman–Crippen MR) is 80.1 cm³/mol. The Kier molecular flexibility index (Phi) is 7.10. The fourth-order valence-corrected chi connectivity index (χ4v) is 2.93. The van der Waals surface area contributed by atoms with Crippen LogP contribution in [0, 0.1) is 5.92 Å². The standard InChI is InChI=1S/C13H25N3O4S/c1-11(17)14-7-3-6-13(18)16-8-4-5-12(10-16)9-15-21(2,19)20/h12,15H,3-10H2,1-2H3,(H,14,17)/t12-/m1/s1. The Morgan fingerprint density at radius 3 is 2.67 bits per heavy atom. The van der Waals surface area contributed by atoms with Crippen molar-refractivity contribution in [2.24, 2.45) is 5.92 Å². The van der Waals surface area contributed by atoms with Gasteiger partial charge in [0.2, 0.25) is 21.8 Å². The van der Waals surface area contributed by atoms with E-state index in [1.54, 1.807) is 4.90 Å². The average molecular weight is 319 g/mol. The van der Waals surface area contributed by atoms with Gasteiger partial charge in [0.25, 0.3) is 0 Å². The van der Waals surface area contributed by atoms with E-state index in [-0.39, 0.29) is 17.7 Å². The van der Waals surface area contributed by atoms with Gasteiger partial charge in [0.15, 0.2) is 0 Å². The van der Waals surface area contributed by atoms with Crippen molar-refractivity contribution in [3.63, 3.8) is 0 Å². The molecule has 1 fully saturated rings. The Bertz CT molecular complexity index is 464. The normalized spacial score (nSPS) is 19.3. The van der Waals surface area contributed by atoms with Gasteiger partial charge < -0.3 is 10.2 Å². The minimum absolute atomic E-state index is 0.0735. The van der Waals surface area contributed by atoms with E-state index in [9.17, 15) is 18.0 Å². The number of carbonyl (C=O) groups is 2. The first-order chi connectivity index (χ1) is 9.78.